The Morgan fingerprint density at radius 1 is 1.41 bits per heavy atom. The molecule has 0 aromatic heterocycles. The second-order valence-corrected chi connectivity index (χ2v) is 4.61. The normalized spacial score (nSPS) is 12.4. The van der Waals surface area contributed by atoms with Crippen LogP contribution in [0.15, 0.2) is 18.2 Å². The number of thiol groups is 1. The molecule has 5 heteroatoms. The first-order valence-electron chi connectivity index (χ1n) is 5.27. The minimum absolute atomic E-state index is 0.105. The number of anilines is 1. The molecule has 1 rings (SSSR count). The second kappa shape index (κ2) is 5.91. The zero-order chi connectivity index (χ0) is 13.0. The topological polar surface area (TPSA) is 38.3 Å². The van der Waals surface area contributed by atoms with Crippen molar-refractivity contribution in [2.75, 3.05) is 12.4 Å². The van der Waals surface area contributed by atoms with Gasteiger partial charge in [-0.05, 0) is 12.0 Å². The summed E-state index contributed by atoms with van der Waals surface area (Å²) >= 11 is 4.19. The molecule has 94 valence electrons. The van der Waals surface area contributed by atoms with Gasteiger partial charge in [0.1, 0.15) is 11.6 Å². The molecule has 17 heavy (non-hydrogen) atoms. The Balaban J connectivity index is 2.81. The van der Waals surface area contributed by atoms with E-state index in [0.29, 0.717) is 11.4 Å². The van der Waals surface area contributed by atoms with Crippen LogP contribution in [-0.4, -0.2) is 18.3 Å². The van der Waals surface area contributed by atoms with Crippen molar-refractivity contribution >= 4 is 24.2 Å². The van der Waals surface area contributed by atoms with Crippen LogP contribution in [0.1, 0.15) is 13.8 Å². The maximum absolute atomic E-state index is 13.2. The van der Waals surface area contributed by atoms with Crippen molar-refractivity contribution in [3.05, 3.63) is 24.0 Å². The predicted octanol–water partition coefficient (Wildman–Crippen LogP) is 2.73. The maximum atomic E-state index is 13.2. The quantitative estimate of drug-likeness (QED) is 0.814. The van der Waals surface area contributed by atoms with Crippen LogP contribution in [-0.2, 0) is 4.79 Å². The average molecular weight is 257 g/mol. The molecule has 3 nitrogen and oxygen atoms in total. The molecular formula is C12H16FNO2S. The maximum Gasteiger partial charge on any atom is 0.237 e. The lowest BCUT2D eigenvalue weighted by Crippen LogP contribution is -2.27. The number of hydrogen-bond donors (Lipinski definition) is 2. The first kappa shape index (κ1) is 13.8. The first-order chi connectivity index (χ1) is 7.93. The van der Waals surface area contributed by atoms with Gasteiger partial charge in [0.2, 0.25) is 5.91 Å². The van der Waals surface area contributed by atoms with Gasteiger partial charge in [-0.25, -0.2) is 4.39 Å². The van der Waals surface area contributed by atoms with Crippen LogP contribution >= 0.6 is 12.6 Å². The van der Waals surface area contributed by atoms with E-state index in [-0.39, 0.29) is 11.8 Å². The predicted molar refractivity (Wildman–Crippen MR) is 69.2 cm³/mol. The largest absolute Gasteiger partial charge is 0.497 e. The van der Waals surface area contributed by atoms with Gasteiger partial charge in [-0.1, -0.05) is 13.8 Å². The molecular weight excluding hydrogens is 241 g/mol. The van der Waals surface area contributed by atoms with E-state index in [1.165, 1.54) is 19.2 Å². The Kier molecular flexibility index (Phi) is 4.81. The summed E-state index contributed by atoms with van der Waals surface area (Å²) in [6, 6.07) is 4.04. The van der Waals surface area contributed by atoms with Gasteiger partial charge in [0.15, 0.2) is 0 Å². The number of amides is 1. The van der Waals surface area contributed by atoms with Crippen LogP contribution in [0.3, 0.4) is 0 Å². The summed E-state index contributed by atoms with van der Waals surface area (Å²) in [6.45, 7) is 3.78. The smallest absolute Gasteiger partial charge is 0.237 e. The molecule has 0 aliphatic rings. The third kappa shape index (κ3) is 3.93. The van der Waals surface area contributed by atoms with Crippen molar-refractivity contribution in [1.82, 2.24) is 0 Å². The number of hydrogen-bond acceptors (Lipinski definition) is 3. The zero-order valence-electron chi connectivity index (χ0n) is 10.0. The van der Waals surface area contributed by atoms with Gasteiger partial charge in [-0.3, -0.25) is 4.79 Å². The van der Waals surface area contributed by atoms with Gasteiger partial charge in [0, 0.05) is 17.8 Å². The van der Waals surface area contributed by atoms with E-state index < -0.39 is 11.1 Å². The molecule has 0 bridgehead atoms. The van der Waals surface area contributed by atoms with Crippen LogP contribution in [0, 0.1) is 11.7 Å². The highest BCUT2D eigenvalue weighted by Gasteiger charge is 2.18. The van der Waals surface area contributed by atoms with Gasteiger partial charge >= 0.3 is 0 Å². The Morgan fingerprint density at radius 3 is 2.59 bits per heavy atom. The van der Waals surface area contributed by atoms with E-state index >= 15 is 0 Å². The van der Waals surface area contributed by atoms with Crippen LogP contribution in [0.5, 0.6) is 5.75 Å². The Hall–Kier alpha value is -1.23. The van der Waals surface area contributed by atoms with Crippen LogP contribution in [0.25, 0.3) is 0 Å². The van der Waals surface area contributed by atoms with E-state index in [9.17, 15) is 9.18 Å². The molecule has 0 heterocycles. The molecule has 1 atom stereocenters. The van der Waals surface area contributed by atoms with Gasteiger partial charge < -0.3 is 10.1 Å². The zero-order valence-corrected chi connectivity index (χ0v) is 10.9. The van der Waals surface area contributed by atoms with Crippen LogP contribution in [0.4, 0.5) is 10.1 Å². The molecule has 0 fully saturated rings. The molecule has 1 N–H and O–H groups in total. The lowest BCUT2D eigenvalue weighted by atomic mass is 10.1. The van der Waals surface area contributed by atoms with Crippen molar-refractivity contribution in [3.63, 3.8) is 0 Å². The van der Waals surface area contributed by atoms with E-state index in [4.69, 9.17) is 4.74 Å². The second-order valence-electron chi connectivity index (χ2n) is 4.06. The fourth-order valence-corrected chi connectivity index (χ4v) is 1.34. The van der Waals surface area contributed by atoms with Crippen molar-refractivity contribution in [2.24, 2.45) is 5.92 Å². The molecule has 0 aliphatic heterocycles. The molecule has 0 aliphatic carbocycles. The summed E-state index contributed by atoms with van der Waals surface area (Å²) in [6.07, 6.45) is 0. The lowest BCUT2D eigenvalue weighted by molar-refractivity contribution is -0.116. The Labute approximate surface area is 106 Å². The number of rotatable bonds is 4. The molecule has 1 aromatic carbocycles. The number of methoxy groups -OCH3 is 1. The molecule has 0 saturated carbocycles. The lowest BCUT2D eigenvalue weighted by Gasteiger charge is -2.15. The van der Waals surface area contributed by atoms with Gasteiger partial charge in [-0.2, -0.15) is 12.6 Å². The summed E-state index contributed by atoms with van der Waals surface area (Å²) < 4.78 is 18.1. The fraction of sp³-hybridized carbons (Fsp3) is 0.417. The number of nitrogens with one attached hydrogen (secondary N) is 1. The monoisotopic (exact) mass is 257 g/mol. The summed E-state index contributed by atoms with van der Waals surface area (Å²) in [7, 11) is 1.44. The van der Waals surface area contributed by atoms with Crippen molar-refractivity contribution in [1.29, 1.82) is 0 Å². The summed E-state index contributed by atoms with van der Waals surface area (Å²) in [5.74, 6) is -0.245. The van der Waals surface area contributed by atoms with Crippen molar-refractivity contribution in [2.45, 2.75) is 19.1 Å². The molecule has 0 radical (unpaired) electrons. The van der Waals surface area contributed by atoms with E-state index in [1.54, 1.807) is 6.07 Å². The van der Waals surface area contributed by atoms with Gasteiger partial charge in [0.25, 0.3) is 0 Å². The highest BCUT2D eigenvalue weighted by molar-refractivity contribution is 7.81. The Morgan fingerprint density at radius 2 is 2.06 bits per heavy atom. The molecule has 0 saturated heterocycles. The number of halogens is 1. The minimum atomic E-state index is -0.458. The third-order valence-electron chi connectivity index (χ3n) is 2.27. The number of carbonyl (C=O) groups is 1. The SMILES string of the molecule is COc1cc(F)cc(NC(=O)C(S)C(C)C)c1. The standard InChI is InChI=1S/C12H16FNO2S/c1-7(2)11(17)12(15)14-9-4-8(13)5-10(6-9)16-3/h4-7,11,17H,1-3H3,(H,14,15). The summed E-state index contributed by atoms with van der Waals surface area (Å²) in [4.78, 5) is 11.7. The molecule has 1 amide bonds. The number of ether oxygens (including phenoxy) is 1. The average Bonchev–Trinajstić information content (AvgIpc) is 2.26. The Bertz CT molecular complexity index is 409. The van der Waals surface area contributed by atoms with Crippen LogP contribution < -0.4 is 10.1 Å². The highest BCUT2D eigenvalue weighted by atomic mass is 32.1. The van der Waals surface area contributed by atoms with Crippen molar-refractivity contribution < 1.29 is 13.9 Å². The molecule has 1 unspecified atom stereocenters. The van der Waals surface area contributed by atoms with Gasteiger partial charge in [0.05, 0.1) is 12.4 Å². The molecule has 1 aromatic rings. The summed E-state index contributed by atoms with van der Waals surface area (Å²) in [5, 5.41) is 2.18. The fourth-order valence-electron chi connectivity index (χ4n) is 1.27. The number of carbonyl (C=O) groups excluding carboxylic acids is 1. The highest BCUT2D eigenvalue weighted by Crippen LogP contribution is 2.21. The number of benzene rings is 1. The minimum Gasteiger partial charge on any atom is -0.497 e. The van der Waals surface area contributed by atoms with Crippen LogP contribution in [0.2, 0.25) is 0 Å². The van der Waals surface area contributed by atoms with E-state index in [1.807, 2.05) is 13.8 Å². The van der Waals surface area contributed by atoms with Crippen molar-refractivity contribution in [3.8, 4) is 5.75 Å². The van der Waals surface area contributed by atoms with E-state index in [0.717, 1.165) is 0 Å². The molecule has 0 spiro atoms. The third-order valence-corrected chi connectivity index (χ3v) is 3.11. The van der Waals surface area contributed by atoms with Gasteiger partial charge in [-0.15, -0.1) is 0 Å². The summed E-state index contributed by atoms with van der Waals surface area (Å²) in [5.41, 5.74) is 0.367. The first-order valence-corrected chi connectivity index (χ1v) is 5.79. The van der Waals surface area contributed by atoms with E-state index in [2.05, 4.69) is 17.9 Å².